The zero-order valence-corrected chi connectivity index (χ0v) is 16.9. The van der Waals surface area contributed by atoms with Gasteiger partial charge in [-0.3, -0.25) is 0 Å². The first-order valence-corrected chi connectivity index (χ1v) is 9.75. The zero-order valence-electron chi connectivity index (χ0n) is 16.2. The SMILES string of the molecule is Cc1ccc(NC(=O)NC(c2ccccc2)c2nnc(-c3ccccc3Cl)o2)cc1. The number of nitrogens with one attached hydrogen (secondary N) is 2. The number of carbonyl (C=O) groups excluding carboxylic acids is 1. The molecule has 150 valence electrons. The molecule has 0 aliphatic heterocycles. The maximum absolute atomic E-state index is 12.7. The van der Waals surface area contributed by atoms with Crippen molar-refractivity contribution in [3.8, 4) is 11.5 Å². The smallest absolute Gasteiger partial charge is 0.320 e. The maximum atomic E-state index is 12.7. The van der Waals surface area contributed by atoms with Gasteiger partial charge in [0.05, 0.1) is 10.6 Å². The largest absolute Gasteiger partial charge is 0.418 e. The number of carbonyl (C=O) groups is 1. The Morgan fingerprint density at radius 3 is 2.37 bits per heavy atom. The first-order valence-electron chi connectivity index (χ1n) is 9.37. The molecule has 0 saturated carbocycles. The Kier molecular flexibility index (Phi) is 5.77. The van der Waals surface area contributed by atoms with Gasteiger partial charge in [-0.25, -0.2) is 4.79 Å². The standard InChI is InChI=1S/C23H19ClN4O2/c1-15-11-13-17(14-12-15)25-23(29)26-20(16-7-3-2-4-8-16)22-28-27-21(30-22)18-9-5-6-10-19(18)24/h2-14,20H,1H3,(H2,25,26,29). The lowest BCUT2D eigenvalue weighted by atomic mass is 10.1. The molecule has 0 aliphatic rings. The number of hydrogen-bond donors (Lipinski definition) is 2. The lowest BCUT2D eigenvalue weighted by Gasteiger charge is -2.16. The van der Waals surface area contributed by atoms with Crippen molar-refractivity contribution >= 4 is 23.3 Å². The summed E-state index contributed by atoms with van der Waals surface area (Å²) < 4.78 is 5.88. The number of aryl methyl sites for hydroxylation is 1. The van der Waals surface area contributed by atoms with Crippen molar-refractivity contribution in [2.75, 3.05) is 5.32 Å². The van der Waals surface area contributed by atoms with Gasteiger partial charge in [0, 0.05) is 5.69 Å². The third kappa shape index (κ3) is 4.50. The summed E-state index contributed by atoms with van der Waals surface area (Å²) in [4.78, 5) is 12.7. The Hall–Kier alpha value is -3.64. The monoisotopic (exact) mass is 418 g/mol. The van der Waals surface area contributed by atoms with E-state index in [-0.39, 0.29) is 17.8 Å². The van der Waals surface area contributed by atoms with Crippen molar-refractivity contribution in [1.82, 2.24) is 15.5 Å². The summed E-state index contributed by atoms with van der Waals surface area (Å²) in [5.74, 6) is 0.549. The van der Waals surface area contributed by atoms with Crippen molar-refractivity contribution in [2.45, 2.75) is 13.0 Å². The van der Waals surface area contributed by atoms with Crippen LogP contribution in [0, 0.1) is 6.92 Å². The predicted molar refractivity (Wildman–Crippen MR) is 116 cm³/mol. The number of urea groups is 1. The van der Waals surface area contributed by atoms with E-state index in [9.17, 15) is 4.79 Å². The van der Waals surface area contributed by atoms with Crippen molar-refractivity contribution in [3.63, 3.8) is 0 Å². The number of halogens is 1. The van der Waals surface area contributed by atoms with Crippen molar-refractivity contribution in [2.24, 2.45) is 0 Å². The fourth-order valence-electron chi connectivity index (χ4n) is 2.96. The summed E-state index contributed by atoms with van der Waals surface area (Å²) in [7, 11) is 0. The first kappa shape index (κ1) is 19.7. The van der Waals surface area contributed by atoms with E-state index in [4.69, 9.17) is 16.0 Å². The van der Waals surface area contributed by atoms with Crippen LogP contribution in [-0.2, 0) is 0 Å². The molecule has 0 radical (unpaired) electrons. The van der Waals surface area contributed by atoms with Crippen LogP contribution < -0.4 is 10.6 Å². The fraction of sp³-hybridized carbons (Fsp3) is 0.0870. The van der Waals surface area contributed by atoms with Gasteiger partial charge in [0.1, 0.15) is 6.04 Å². The van der Waals surface area contributed by atoms with E-state index in [2.05, 4.69) is 20.8 Å². The van der Waals surface area contributed by atoms with Crippen LogP contribution in [0.25, 0.3) is 11.5 Å². The summed E-state index contributed by atoms with van der Waals surface area (Å²) >= 11 is 6.24. The van der Waals surface area contributed by atoms with Gasteiger partial charge < -0.3 is 15.1 Å². The van der Waals surface area contributed by atoms with Crippen LogP contribution in [0.15, 0.2) is 83.3 Å². The van der Waals surface area contributed by atoms with Gasteiger partial charge in [-0.1, -0.05) is 71.8 Å². The van der Waals surface area contributed by atoms with Crippen molar-refractivity contribution < 1.29 is 9.21 Å². The lowest BCUT2D eigenvalue weighted by Crippen LogP contribution is -2.33. The number of amides is 2. The summed E-state index contributed by atoms with van der Waals surface area (Å²) in [5, 5.41) is 14.5. The van der Waals surface area contributed by atoms with Crippen LogP contribution in [0.4, 0.5) is 10.5 Å². The van der Waals surface area contributed by atoms with Crippen LogP contribution >= 0.6 is 11.6 Å². The molecule has 30 heavy (non-hydrogen) atoms. The highest BCUT2D eigenvalue weighted by Gasteiger charge is 2.24. The predicted octanol–water partition coefficient (Wildman–Crippen LogP) is 5.61. The molecular formula is C23H19ClN4O2. The third-order valence-corrected chi connectivity index (χ3v) is 4.84. The first-order chi connectivity index (χ1) is 14.6. The van der Waals surface area contributed by atoms with Gasteiger partial charge in [0.25, 0.3) is 0 Å². The van der Waals surface area contributed by atoms with Gasteiger partial charge in [0.2, 0.25) is 11.8 Å². The van der Waals surface area contributed by atoms with Crippen molar-refractivity contribution in [3.05, 3.63) is 101 Å². The Morgan fingerprint density at radius 2 is 1.63 bits per heavy atom. The fourth-order valence-corrected chi connectivity index (χ4v) is 3.18. The number of nitrogens with zero attached hydrogens (tertiary/aromatic N) is 2. The molecule has 0 fully saturated rings. The second kappa shape index (κ2) is 8.80. The van der Waals surface area contributed by atoms with E-state index >= 15 is 0 Å². The summed E-state index contributed by atoms with van der Waals surface area (Å²) in [6, 6.07) is 23.2. The molecule has 0 aliphatic carbocycles. The van der Waals surface area contributed by atoms with Gasteiger partial charge in [-0.05, 0) is 36.8 Å². The normalized spacial score (nSPS) is 11.7. The lowest BCUT2D eigenvalue weighted by molar-refractivity contribution is 0.248. The Morgan fingerprint density at radius 1 is 0.933 bits per heavy atom. The molecule has 2 amide bonds. The second-order valence-corrected chi connectivity index (χ2v) is 7.14. The average Bonchev–Trinajstić information content (AvgIpc) is 3.24. The summed E-state index contributed by atoms with van der Waals surface area (Å²) in [6.45, 7) is 1.99. The maximum Gasteiger partial charge on any atom is 0.320 e. The van der Waals surface area contributed by atoms with E-state index in [0.717, 1.165) is 11.1 Å². The van der Waals surface area contributed by atoms with E-state index in [1.807, 2.05) is 73.7 Å². The highest BCUT2D eigenvalue weighted by Crippen LogP contribution is 2.29. The zero-order chi connectivity index (χ0) is 20.9. The van der Waals surface area contributed by atoms with E-state index < -0.39 is 6.04 Å². The minimum Gasteiger partial charge on any atom is -0.418 e. The number of rotatable bonds is 5. The van der Waals surface area contributed by atoms with E-state index in [1.54, 1.807) is 12.1 Å². The number of aromatic nitrogens is 2. The molecule has 6 nitrogen and oxygen atoms in total. The van der Waals surface area contributed by atoms with Crippen LogP contribution in [0.3, 0.4) is 0 Å². The minimum absolute atomic E-state index is 0.259. The van der Waals surface area contributed by atoms with Crippen LogP contribution in [0.2, 0.25) is 5.02 Å². The summed E-state index contributed by atoms with van der Waals surface area (Å²) in [5.41, 5.74) is 3.24. The second-order valence-electron chi connectivity index (χ2n) is 6.73. The molecule has 1 unspecified atom stereocenters. The molecule has 7 heteroatoms. The van der Waals surface area contributed by atoms with Gasteiger partial charge >= 0.3 is 6.03 Å². The third-order valence-electron chi connectivity index (χ3n) is 4.51. The van der Waals surface area contributed by atoms with Gasteiger partial charge in [-0.15, -0.1) is 10.2 Å². The highest BCUT2D eigenvalue weighted by molar-refractivity contribution is 6.33. The molecule has 3 aromatic carbocycles. The Labute approximate surface area is 178 Å². The topological polar surface area (TPSA) is 80.0 Å². The quantitative estimate of drug-likeness (QED) is 0.441. The molecule has 1 aromatic heterocycles. The van der Waals surface area contributed by atoms with E-state index in [0.29, 0.717) is 16.3 Å². The Bertz CT molecular complexity index is 1140. The molecule has 0 saturated heterocycles. The van der Waals surface area contributed by atoms with Gasteiger partial charge in [0.15, 0.2) is 0 Å². The Balaban J connectivity index is 1.60. The van der Waals surface area contributed by atoms with Crippen LogP contribution in [-0.4, -0.2) is 16.2 Å². The summed E-state index contributed by atoms with van der Waals surface area (Å²) in [6.07, 6.45) is 0. The average molecular weight is 419 g/mol. The molecular weight excluding hydrogens is 400 g/mol. The molecule has 4 aromatic rings. The van der Waals surface area contributed by atoms with Crippen LogP contribution in [0.5, 0.6) is 0 Å². The number of anilines is 1. The highest BCUT2D eigenvalue weighted by atomic mass is 35.5. The van der Waals surface area contributed by atoms with Gasteiger partial charge in [-0.2, -0.15) is 0 Å². The molecule has 4 rings (SSSR count). The molecule has 1 heterocycles. The van der Waals surface area contributed by atoms with E-state index in [1.165, 1.54) is 0 Å². The molecule has 0 bridgehead atoms. The molecule has 2 N–H and O–H groups in total. The molecule has 0 spiro atoms. The number of hydrogen-bond acceptors (Lipinski definition) is 4. The van der Waals surface area contributed by atoms with Crippen molar-refractivity contribution in [1.29, 1.82) is 0 Å². The van der Waals surface area contributed by atoms with Crippen LogP contribution in [0.1, 0.15) is 23.1 Å². The molecule has 1 atom stereocenters. The minimum atomic E-state index is -0.625. The number of benzene rings is 3.